The standard InChI is InChI=1S/C13H16N2O/c1-3-4-7-15-10-11-5-6-12(9-14)13(8-11)16-2/h3,5-6,8,15H,1,4,7,10H2,2H3. The highest BCUT2D eigenvalue weighted by Gasteiger charge is 2.02. The van der Waals surface area contributed by atoms with Gasteiger partial charge in [-0.3, -0.25) is 0 Å². The second kappa shape index (κ2) is 6.65. The molecular weight excluding hydrogens is 200 g/mol. The maximum atomic E-state index is 8.83. The van der Waals surface area contributed by atoms with Crippen LogP contribution in [0.1, 0.15) is 17.5 Å². The molecule has 16 heavy (non-hydrogen) atoms. The second-order valence-corrected chi connectivity index (χ2v) is 3.40. The van der Waals surface area contributed by atoms with Crippen LogP contribution in [-0.2, 0) is 6.54 Å². The molecule has 0 aliphatic carbocycles. The average Bonchev–Trinajstić information content (AvgIpc) is 2.34. The lowest BCUT2D eigenvalue weighted by Crippen LogP contribution is -2.14. The molecule has 3 nitrogen and oxygen atoms in total. The third-order valence-corrected chi connectivity index (χ3v) is 2.24. The predicted molar refractivity (Wildman–Crippen MR) is 64.2 cm³/mol. The van der Waals surface area contributed by atoms with Crippen molar-refractivity contribution in [2.45, 2.75) is 13.0 Å². The Bertz CT molecular complexity index is 393. The topological polar surface area (TPSA) is 45.0 Å². The molecule has 1 rings (SSSR count). The van der Waals surface area contributed by atoms with E-state index in [0.717, 1.165) is 25.1 Å². The van der Waals surface area contributed by atoms with E-state index in [1.165, 1.54) is 0 Å². The number of ether oxygens (including phenoxy) is 1. The van der Waals surface area contributed by atoms with E-state index >= 15 is 0 Å². The van der Waals surface area contributed by atoms with Crippen molar-refractivity contribution in [3.63, 3.8) is 0 Å². The molecule has 0 aromatic heterocycles. The van der Waals surface area contributed by atoms with E-state index in [0.29, 0.717) is 11.3 Å². The Balaban J connectivity index is 2.61. The van der Waals surface area contributed by atoms with Crippen molar-refractivity contribution >= 4 is 0 Å². The normalized spacial score (nSPS) is 9.50. The average molecular weight is 216 g/mol. The molecule has 0 unspecified atom stereocenters. The summed E-state index contributed by atoms with van der Waals surface area (Å²) in [4.78, 5) is 0. The highest BCUT2D eigenvalue weighted by Crippen LogP contribution is 2.18. The number of hydrogen-bond acceptors (Lipinski definition) is 3. The Hall–Kier alpha value is -1.79. The number of nitrogens with one attached hydrogen (secondary N) is 1. The molecule has 0 spiro atoms. The third kappa shape index (κ3) is 3.41. The molecule has 1 aromatic rings. The smallest absolute Gasteiger partial charge is 0.136 e. The fraction of sp³-hybridized carbons (Fsp3) is 0.308. The first kappa shape index (κ1) is 12.3. The molecule has 0 saturated heterocycles. The Labute approximate surface area is 96.4 Å². The lowest BCUT2D eigenvalue weighted by atomic mass is 10.1. The zero-order valence-electron chi connectivity index (χ0n) is 9.49. The number of hydrogen-bond donors (Lipinski definition) is 1. The van der Waals surface area contributed by atoms with Crippen LogP contribution in [0.25, 0.3) is 0 Å². The van der Waals surface area contributed by atoms with Crippen molar-refractivity contribution in [3.8, 4) is 11.8 Å². The van der Waals surface area contributed by atoms with Crippen molar-refractivity contribution in [1.29, 1.82) is 5.26 Å². The van der Waals surface area contributed by atoms with Gasteiger partial charge in [0.05, 0.1) is 12.7 Å². The monoisotopic (exact) mass is 216 g/mol. The number of methoxy groups -OCH3 is 1. The van der Waals surface area contributed by atoms with E-state index in [4.69, 9.17) is 10.00 Å². The number of nitriles is 1. The van der Waals surface area contributed by atoms with Crippen LogP contribution in [0.4, 0.5) is 0 Å². The maximum absolute atomic E-state index is 8.83. The van der Waals surface area contributed by atoms with E-state index in [9.17, 15) is 0 Å². The fourth-order valence-corrected chi connectivity index (χ4v) is 1.37. The van der Waals surface area contributed by atoms with Gasteiger partial charge in [0.2, 0.25) is 0 Å². The van der Waals surface area contributed by atoms with E-state index in [-0.39, 0.29) is 0 Å². The van der Waals surface area contributed by atoms with Crippen LogP contribution in [0, 0.1) is 11.3 Å². The van der Waals surface area contributed by atoms with Crippen LogP contribution in [-0.4, -0.2) is 13.7 Å². The molecule has 0 aliphatic heterocycles. The molecule has 0 aliphatic rings. The number of rotatable bonds is 6. The van der Waals surface area contributed by atoms with Gasteiger partial charge >= 0.3 is 0 Å². The summed E-state index contributed by atoms with van der Waals surface area (Å²) in [5.41, 5.74) is 1.68. The van der Waals surface area contributed by atoms with Crippen molar-refractivity contribution < 1.29 is 4.74 Å². The molecule has 0 atom stereocenters. The van der Waals surface area contributed by atoms with Crippen molar-refractivity contribution in [2.24, 2.45) is 0 Å². The first-order valence-corrected chi connectivity index (χ1v) is 5.20. The van der Waals surface area contributed by atoms with Crippen LogP contribution in [0.3, 0.4) is 0 Å². The first-order valence-electron chi connectivity index (χ1n) is 5.20. The molecule has 0 radical (unpaired) electrons. The minimum atomic E-state index is 0.567. The lowest BCUT2D eigenvalue weighted by molar-refractivity contribution is 0.412. The predicted octanol–water partition coefficient (Wildman–Crippen LogP) is 2.23. The Morgan fingerprint density at radius 3 is 3.00 bits per heavy atom. The highest BCUT2D eigenvalue weighted by atomic mass is 16.5. The summed E-state index contributed by atoms with van der Waals surface area (Å²) in [6.07, 6.45) is 2.83. The minimum Gasteiger partial charge on any atom is -0.495 e. The van der Waals surface area contributed by atoms with Crippen LogP contribution >= 0.6 is 0 Å². The van der Waals surface area contributed by atoms with Crippen molar-refractivity contribution in [2.75, 3.05) is 13.7 Å². The zero-order valence-corrected chi connectivity index (χ0v) is 9.49. The number of benzene rings is 1. The third-order valence-electron chi connectivity index (χ3n) is 2.24. The van der Waals surface area contributed by atoms with Crippen LogP contribution in [0.5, 0.6) is 5.75 Å². The van der Waals surface area contributed by atoms with Crippen molar-refractivity contribution in [3.05, 3.63) is 42.0 Å². The maximum Gasteiger partial charge on any atom is 0.136 e. The molecule has 1 aromatic carbocycles. The van der Waals surface area contributed by atoms with Gasteiger partial charge in [-0.15, -0.1) is 6.58 Å². The van der Waals surface area contributed by atoms with Gasteiger partial charge in [0.15, 0.2) is 0 Å². The fourth-order valence-electron chi connectivity index (χ4n) is 1.37. The Morgan fingerprint density at radius 1 is 1.56 bits per heavy atom. The lowest BCUT2D eigenvalue weighted by Gasteiger charge is -2.07. The molecule has 0 bridgehead atoms. The van der Waals surface area contributed by atoms with Gasteiger partial charge in [-0.2, -0.15) is 5.26 Å². The summed E-state index contributed by atoms with van der Waals surface area (Å²) in [6, 6.07) is 7.69. The van der Waals surface area contributed by atoms with Crippen LogP contribution < -0.4 is 10.1 Å². The van der Waals surface area contributed by atoms with E-state index in [2.05, 4.69) is 18.0 Å². The van der Waals surface area contributed by atoms with Gasteiger partial charge in [0.1, 0.15) is 11.8 Å². The Kier molecular flexibility index (Phi) is 5.10. The molecular formula is C13H16N2O. The summed E-state index contributed by atoms with van der Waals surface area (Å²) in [7, 11) is 1.57. The van der Waals surface area contributed by atoms with Gasteiger partial charge in [-0.05, 0) is 30.7 Å². The van der Waals surface area contributed by atoms with Gasteiger partial charge < -0.3 is 10.1 Å². The van der Waals surface area contributed by atoms with Crippen LogP contribution in [0.15, 0.2) is 30.9 Å². The molecule has 1 N–H and O–H groups in total. The zero-order chi connectivity index (χ0) is 11.8. The quantitative estimate of drug-likeness (QED) is 0.586. The minimum absolute atomic E-state index is 0.567. The number of nitrogens with zero attached hydrogens (tertiary/aromatic N) is 1. The second-order valence-electron chi connectivity index (χ2n) is 3.40. The molecule has 3 heteroatoms. The molecule has 0 heterocycles. The van der Waals surface area contributed by atoms with Crippen molar-refractivity contribution in [1.82, 2.24) is 5.32 Å². The van der Waals surface area contributed by atoms with E-state index < -0.39 is 0 Å². The summed E-state index contributed by atoms with van der Waals surface area (Å²) < 4.78 is 5.14. The molecule has 0 amide bonds. The van der Waals surface area contributed by atoms with E-state index in [1.807, 2.05) is 18.2 Å². The molecule has 0 fully saturated rings. The summed E-state index contributed by atoms with van der Waals surface area (Å²) >= 11 is 0. The van der Waals surface area contributed by atoms with Gasteiger partial charge in [-0.1, -0.05) is 12.1 Å². The summed E-state index contributed by atoms with van der Waals surface area (Å²) in [5.74, 6) is 0.630. The largest absolute Gasteiger partial charge is 0.495 e. The summed E-state index contributed by atoms with van der Waals surface area (Å²) in [6.45, 7) is 5.34. The first-order chi connectivity index (χ1) is 7.81. The van der Waals surface area contributed by atoms with E-state index in [1.54, 1.807) is 13.2 Å². The Morgan fingerprint density at radius 2 is 2.38 bits per heavy atom. The van der Waals surface area contributed by atoms with Gasteiger partial charge in [-0.25, -0.2) is 0 Å². The highest BCUT2D eigenvalue weighted by molar-refractivity contribution is 5.45. The van der Waals surface area contributed by atoms with Crippen LogP contribution in [0.2, 0.25) is 0 Å². The van der Waals surface area contributed by atoms with Gasteiger partial charge in [0.25, 0.3) is 0 Å². The summed E-state index contributed by atoms with van der Waals surface area (Å²) in [5, 5.41) is 12.1. The molecule has 84 valence electrons. The van der Waals surface area contributed by atoms with Gasteiger partial charge in [0, 0.05) is 6.54 Å². The SMILES string of the molecule is C=CCCNCc1ccc(C#N)c(OC)c1. The molecule has 0 saturated carbocycles.